The number of hydrogen-bond acceptors (Lipinski definition) is 4. The van der Waals surface area contributed by atoms with E-state index >= 15 is 0 Å². The number of rotatable bonds is 7. The van der Waals surface area contributed by atoms with Gasteiger partial charge in [-0.2, -0.15) is 5.10 Å². The number of halogens is 1. The summed E-state index contributed by atoms with van der Waals surface area (Å²) >= 11 is 6.19. The summed E-state index contributed by atoms with van der Waals surface area (Å²) in [6, 6.07) is 22.0. The molecule has 0 radical (unpaired) electrons. The maximum atomic E-state index is 12.8. The highest BCUT2D eigenvalue weighted by atomic mass is 35.5. The van der Waals surface area contributed by atoms with E-state index < -0.39 is 15.9 Å². The van der Waals surface area contributed by atoms with E-state index in [1.54, 1.807) is 59.4 Å². The topological polar surface area (TPSA) is 93.1 Å². The fraction of sp³-hybridized carbons (Fsp3) is 0.0435. The first-order chi connectivity index (χ1) is 15.4. The maximum Gasteiger partial charge on any atom is 0.261 e. The van der Waals surface area contributed by atoms with Crippen molar-refractivity contribution in [2.24, 2.45) is 0 Å². The Morgan fingerprint density at radius 3 is 2.31 bits per heavy atom. The van der Waals surface area contributed by atoms with E-state index in [1.807, 2.05) is 18.2 Å². The molecule has 1 aromatic heterocycles. The van der Waals surface area contributed by atoms with Crippen molar-refractivity contribution in [3.8, 4) is 0 Å². The molecule has 0 atom stereocenters. The number of hydrogen-bond donors (Lipinski definition) is 2. The molecule has 1 heterocycles. The number of amides is 1. The first-order valence-electron chi connectivity index (χ1n) is 9.66. The summed E-state index contributed by atoms with van der Waals surface area (Å²) in [5, 5.41) is 7.59. The number of sulfonamides is 1. The lowest BCUT2D eigenvalue weighted by atomic mass is 10.2. The molecular formula is C23H19ClN4O3S. The summed E-state index contributed by atoms with van der Waals surface area (Å²) in [5.74, 6) is -0.415. The smallest absolute Gasteiger partial charge is 0.261 e. The van der Waals surface area contributed by atoms with Crippen LogP contribution in [0.1, 0.15) is 15.9 Å². The number of carbonyl (C=O) groups excluding carboxylic acids is 1. The van der Waals surface area contributed by atoms with E-state index in [1.165, 1.54) is 18.3 Å². The van der Waals surface area contributed by atoms with Gasteiger partial charge in [0.05, 0.1) is 34.6 Å². The Bertz CT molecular complexity index is 1350. The normalized spacial score (nSPS) is 11.2. The molecule has 0 bridgehead atoms. The number of carbonyl (C=O) groups is 1. The van der Waals surface area contributed by atoms with Crippen molar-refractivity contribution in [2.45, 2.75) is 11.4 Å². The molecule has 0 saturated carbocycles. The van der Waals surface area contributed by atoms with Gasteiger partial charge in [-0.25, -0.2) is 8.42 Å². The third-order valence-electron chi connectivity index (χ3n) is 4.66. The van der Waals surface area contributed by atoms with Crippen molar-refractivity contribution < 1.29 is 13.2 Å². The molecule has 1 amide bonds. The molecule has 0 unspecified atom stereocenters. The fourth-order valence-electron chi connectivity index (χ4n) is 3.05. The van der Waals surface area contributed by atoms with Crippen molar-refractivity contribution in [3.63, 3.8) is 0 Å². The zero-order valence-corrected chi connectivity index (χ0v) is 18.3. The Balaban J connectivity index is 1.50. The maximum absolute atomic E-state index is 12.8. The summed E-state index contributed by atoms with van der Waals surface area (Å²) < 4.78 is 29.5. The number of nitrogens with one attached hydrogen (secondary N) is 2. The number of anilines is 2. The summed E-state index contributed by atoms with van der Waals surface area (Å²) in [4.78, 5) is 12.9. The van der Waals surface area contributed by atoms with Crippen LogP contribution in [0.25, 0.3) is 0 Å². The van der Waals surface area contributed by atoms with Gasteiger partial charge in [0.25, 0.3) is 15.9 Å². The van der Waals surface area contributed by atoms with Gasteiger partial charge in [-0.15, -0.1) is 0 Å². The largest absolute Gasteiger partial charge is 0.320 e. The average Bonchev–Trinajstić information content (AvgIpc) is 3.26. The van der Waals surface area contributed by atoms with Crippen LogP contribution in [-0.4, -0.2) is 24.1 Å². The highest BCUT2D eigenvalue weighted by Gasteiger charge is 2.17. The number of para-hydroxylation sites is 2. The zero-order chi connectivity index (χ0) is 22.6. The fourth-order valence-corrected chi connectivity index (χ4v) is 4.34. The molecular weight excluding hydrogens is 448 g/mol. The monoisotopic (exact) mass is 466 g/mol. The number of nitrogens with zero attached hydrogens (tertiary/aromatic N) is 2. The summed E-state index contributed by atoms with van der Waals surface area (Å²) in [5.41, 5.74) is 1.80. The van der Waals surface area contributed by atoms with Crippen LogP contribution in [0.5, 0.6) is 0 Å². The van der Waals surface area contributed by atoms with Gasteiger partial charge < -0.3 is 5.32 Å². The van der Waals surface area contributed by atoms with Gasteiger partial charge in [-0.05, 0) is 35.9 Å². The van der Waals surface area contributed by atoms with Crippen molar-refractivity contribution >= 4 is 38.9 Å². The lowest BCUT2D eigenvalue weighted by molar-refractivity contribution is 0.102. The zero-order valence-electron chi connectivity index (χ0n) is 16.8. The van der Waals surface area contributed by atoms with Crippen LogP contribution in [0.15, 0.2) is 96.2 Å². The van der Waals surface area contributed by atoms with Crippen molar-refractivity contribution in [1.29, 1.82) is 0 Å². The van der Waals surface area contributed by atoms with Crippen molar-refractivity contribution in [1.82, 2.24) is 9.78 Å². The van der Waals surface area contributed by atoms with Gasteiger partial charge in [0.1, 0.15) is 0 Å². The second-order valence-corrected chi connectivity index (χ2v) is 9.03. The SMILES string of the molecule is O=C(Nc1ccccc1NS(=O)(=O)c1ccccc1)c1cnn(Cc2ccccc2Cl)c1. The average molecular weight is 467 g/mol. The second kappa shape index (κ2) is 9.25. The molecule has 0 spiro atoms. The molecule has 32 heavy (non-hydrogen) atoms. The third kappa shape index (κ3) is 4.99. The minimum atomic E-state index is -3.80. The van der Waals surface area contributed by atoms with E-state index in [2.05, 4.69) is 15.1 Å². The summed E-state index contributed by atoms with van der Waals surface area (Å²) in [6.45, 7) is 0.417. The Labute approximate surface area is 190 Å². The van der Waals surface area contributed by atoms with Gasteiger partial charge in [0.2, 0.25) is 0 Å². The van der Waals surface area contributed by atoms with Crippen LogP contribution in [0, 0.1) is 0 Å². The quantitative estimate of drug-likeness (QED) is 0.415. The third-order valence-corrected chi connectivity index (χ3v) is 6.41. The summed E-state index contributed by atoms with van der Waals surface area (Å²) in [6.07, 6.45) is 3.05. The molecule has 0 fully saturated rings. The van der Waals surface area contributed by atoms with E-state index in [-0.39, 0.29) is 10.6 Å². The van der Waals surface area contributed by atoms with Gasteiger partial charge in [0.15, 0.2) is 0 Å². The first kappa shape index (κ1) is 21.6. The molecule has 9 heteroatoms. The van der Waals surface area contributed by atoms with E-state index in [9.17, 15) is 13.2 Å². The van der Waals surface area contributed by atoms with E-state index in [0.717, 1.165) is 5.56 Å². The van der Waals surface area contributed by atoms with E-state index in [0.29, 0.717) is 22.8 Å². The molecule has 162 valence electrons. The van der Waals surface area contributed by atoms with Gasteiger partial charge in [0, 0.05) is 11.2 Å². The van der Waals surface area contributed by atoms with Crippen LogP contribution < -0.4 is 10.0 Å². The predicted molar refractivity (Wildman–Crippen MR) is 124 cm³/mol. The lowest BCUT2D eigenvalue weighted by Gasteiger charge is -2.13. The van der Waals surface area contributed by atoms with Crippen LogP contribution in [-0.2, 0) is 16.6 Å². The standard InChI is InChI=1S/C23H19ClN4O3S/c24-20-11-5-4-8-17(20)15-28-16-18(14-25-28)23(29)26-21-12-6-7-13-22(21)27-32(30,31)19-9-2-1-3-10-19/h1-14,16,27H,15H2,(H,26,29). The van der Waals surface area contributed by atoms with Crippen LogP contribution in [0.4, 0.5) is 11.4 Å². The van der Waals surface area contributed by atoms with Gasteiger partial charge >= 0.3 is 0 Å². The molecule has 4 aromatic rings. The minimum Gasteiger partial charge on any atom is -0.320 e. The minimum absolute atomic E-state index is 0.127. The number of benzene rings is 3. The molecule has 2 N–H and O–H groups in total. The highest BCUT2D eigenvalue weighted by Crippen LogP contribution is 2.25. The molecule has 0 aliphatic rings. The Kier molecular flexibility index (Phi) is 6.25. The first-order valence-corrected chi connectivity index (χ1v) is 11.5. The van der Waals surface area contributed by atoms with Crippen LogP contribution in [0.3, 0.4) is 0 Å². The van der Waals surface area contributed by atoms with Gasteiger partial charge in [-0.3, -0.25) is 14.2 Å². The second-order valence-electron chi connectivity index (χ2n) is 6.94. The van der Waals surface area contributed by atoms with Gasteiger partial charge in [-0.1, -0.05) is 60.1 Å². The lowest BCUT2D eigenvalue weighted by Crippen LogP contribution is -2.17. The number of aromatic nitrogens is 2. The van der Waals surface area contributed by atoms with Crippen LogP contribution >= 0.6 is 11.6 Å². The Morgan fingerprint density at radius 1 is 0.906 bits per heavy atom. The molecule has 4 rings (SSSR count). The Hall–Kier alpha value is -3.62. The molecule has 7 nitrogen and oxygen atoms in total. The van der Waals surface area contributed by atoms with Crippen LogP contribution in [0.2, 0.25) is 5.02 Å². The predicted octanol–water partition coefficient (Wildman–Crippen LogP) is 4.64. The van der Waals surface area contributed by atoms with Crippen molar-refractivity contribution in [2.75, 3.05) is 10.0 Å². The molecule has 0 saturated heterocycles. The Morgan fingerprint density at radius 2 is 1.56 bits per heavy atom. The highest BCUT2D eigenvalue weighted by molar-refractivity contribution is 7.92. The molecule has 3 aromatic carbocycles. The molecule has 0 aliphatic carbocycles. The van der Waals surface area contributed by atoms with E-state index in [4.69, 9.17) is 11.6 Å². The molecule has 0 aliphatic heterocycles. The van der Waals surface area contributed by atoms with Crippen molar-refractivity contribution in [3.05, 3.63) is 107 Å². The summed E-state index contributed by atoms with van der Waals surface area (Å²) in [7, 11) is -3.80.